The molecule has 0 spiro atoms. The molecule has 3 rings (SSSR count). The van der Waals surface area contributed by atoms with Crippen molar-refractivity contribution in [3.63, 3.8) is 0 Å². The molecular formula is C11H19NO2. The topological polar surface area (TPSA) is 29.5 Å². The van der Waals surface area contributed by atoms with Crippen LogP contribution in [0.15, 0.2) is 0 Å². The number of hydrogen-bond donors (Lipinski definition) is 0. The molecule has 14 heavy (non-hydrogen) atoms. The van der Waals surface area contributed by atoms with Crippen LogP contribution in [0.4, 0.5) is 0 Å². The van der Waals surface area contributed by atoms with Gasteiger partial charge in [0, 0.05) is 6.54 Å². The maximum absolute atomic E-state index is 11.7. The Labute approximate surface area is 85.4 Å². The largest absolute Gasteiger partial charge is 0.463 e. The van der Waals surface area contributed by atoms with Crippen molar-refractivity contribution in [3.8, 4) is 0 Å². The van der Waals surface area contributed by atoms with Gasteiger partial charge < -0.3 is 9.64 Å². The summed E-state index contributed by atoms with van der Waals surface area (Å²) in [5.74, 6) is 0.764. The summed E-state index contributed by atoms with van der Waals surface area (Å²) in [6.45, 7) is 7.11. The zero-order valence-corrected chi connectivity index (χ0v) is 9.03. The molecule has 0 radical (unpaired) electrons. The first kappa shape index (κ1) is 9.97. The highest BCUT2D eigenvalue weighted by Gasteiger charge is 2.39. The number of hydrogen-bond acceptors (Lipinski definition) is 3. The Hall–Kier alpha value is -0.570. The lowest BCUT2D eigenvalue weighted by Gasteiger charge is -2.43. The number of carbonyl (C=O) groups is 1. The van der Waals surface area contributed by atoms with Gasteiger partial charge in [-0.2, -0.15) is 0 Å². The molecule has 0 aromatic rings. The van der Waals surface area contributed by atoms with Gasteiger partial charge in [0.15, 0.2) is 0 Å². The summed E-state index contributed by atoms with van der Waals surface area (Å²) in [5, 5.41) is 0. The predicted octanol–water partition coefficient (Wildman–Crippen LogP) is 1.28. The summed E-state index contributed by atoms with van der Waals surface area (Å²) >= 11 is 0. The van der Waals surface area contributed by atoms with Gasteiger partial charge in [-0.25, -0.2) is 0 Å². The number of nitrogens with zero attached hydrogens (tertiary/aromatic N) is 1. The van der Waals surface area contributed by atoms with E-state index < -0.39 is 0 Å². The van der Waals surface area contributed by atoms with E-state index in [9.17, 15) is 4.79 Å². The molecule has 3 heterocycles. The van der Waals surface area contributed by atoms with E-state index >= 15 is 0 Å². The van der Waals surface area contributed by atoms with Crippen LogP contribution in [-0.2, 0) is 9.53 Å². The highest BCUT2D eigenvalue weighted by atomic mass is 16.5. The van der Waals surface area contributed by atoms with E-state index in [1.165, 1.54) is 25.9 Å². The summed E-state index contributed by atoms with van der Waals surface area (Å²) in [6.07, 6.45) is 2.38. The van der Waals surface area contributed by atoms with Crippen molar-refractivity contribution in [1.82, 2.24) is 4.90 Å². The standard InChI is InChI=1S/C11H19NO2/c1-8(2)14-11(13)10-7-12-5-3-9(10)4-6-12/h8-10H,3-7H2,1-2H3. The monoisotopic (exact) mass is 197 g/mol. The molecular weight excluding hydrogens is 178 g/mol. The third-order valence-corrected chi connectivity index (χ3v) is 3.31. The van der Waals surface area contributed by atoms with Crippen LogP contribution in [-0.4, -0.2) is 36.6 Å². The third-order valence-electron chi connectivity index (χ3n) is 3.31. The predicted molar refractivity (Wildman–Crippen MR) is 53.9 cm³/mol. The van der Waals surface area contributed by atoms with Crippen molar-refractivity contribution in [2.45, 2.75) is 32.8 Å². The zero-order valence-electron chi connectivity index (χ0n) is 9.03. The average Bonchev–Trinajstić information content (AvgIpc) is 2.18. The fourth-order valence-corrected chi connectivity index (χ4v) is 2.55. The highest BCUT2D eigenvalue weighted by Crippen LogP contribution is 2.33. The summed E-state index contributed by atoms with van der Waals surface area (Å²) < 4.78 is 5.28. The quantitative estimate of drug-likeness (QED) is 0.625. The molecule has 0 aliphatic carbocycles. The van der Waals surface area contributed by atoms with Gasteiger partial charge in [0.2, 0.25) is 0 Å². The van der Waals surface area contributed by atoms with E-state index in [0.29, 0.717) is 5.92 Å². The van der Waals surface area contributed by atoms with Crippen LogP contribution in [0.3, 0.4) is 0 Å². The van der Waals surface area contributed by atoms with E-state index in [1.807, 2.05) is 13.8 Å². The molecule has 1 unspecified atom stereocenters. The highest BCUT2D eigenvalue weighted by molar-refractivity contribution is 5.73. The van der Waals surface area contributed by atoms with Crippen molar-refractivity contribution < 1.29 is 9.53 Å². The Morgan fingerprint density at radius 3 is 2.43 bits per heavy atom. The maximum Gasteiger partial charge on any atom is 0.310 e. The molecule has 2 bridgehead atoms. The Morgan fingerprint density at radius 1 is 1.36 bits per heavy atom. The van der Waals surface area contributed by atoms with Gasteiger partial charge in [-0.3, -0.25) is 4.79 Å². The summed E-state index contributed by atoms with van der Waals surface area (Å²) in [5.41, 5.74) is 0. The molecule has 0 aromatic heterocycles. The van der Waals surface area contributed by atoms with E-state index in [0.717, 1.165) is 6.54 Å². The molecule has 0 aromatic carbocycles. The molecule has 3 saturated heterocycles. The molecule has 0 N–H and O–H groups in total. The Bertz CT molecular complexity index is 219. The minimum Gasteiger partial charge on any atom is -0.463 e. The fourth-order valence-electron chi connectivity index (χ4n) is 2.55. The number of rotatable bonds is 2. The van der Waals surface area contributed by atoms with Gasteiger partial charge >= 0.3 is 5.97 Å². The number of piperidine rings is 3. The number of ether oxygens (including phenoxy) is 1. The fraction of sp³-hybridized carbons (Fsp3) is 0.909. The van der Waals surface area contributed by atoms with Gasteiger partial charge in [0.1, 0.15) is 0 Å². The first-order chi connectivity index (χ1) is 6.66. The first-order valence-corrected chi connectivity index (χ1v) is 5.59. The summed E-state index contributed by atoms with van der Waals surface area (Å²) in [7, 11) is 0. The van der Waals surface area contributed by atoms with E-state index in [4.69, 9.17) is 4.74 Å². The summed E-state index contributed by atoms with van der Waals surface area (Å²) in [4.78, 5) is 14.1. The Morgan fingerprint density at radius 2 is 2.00 bits per heavy atom. The van der Waals surface area contributed by atoms with E-state index in [-0.39, 0.29) is 18.0 Å². The van der Waals surface area contributed by atoms with Crippen LogP contribution in [0.25, 0.3) is 0 Å². The third kappa shape index (κ3) is 1.92. The minimum atomic E-state index is 0.0226. The first-order valence-electron chi connectivity index (χ1n) is 5.59. The van der Waals surface area contributed by atoms with Crippen LogP contribution < -0.4 is 0 Å². The van der Waals surface area contributed by atoms with Crippen molar-refractivity contribution in [2.24, 2.45) is 11.8 Å². The maximum atomic E-state index is 11.7. The molecule has 80 valence electrons. The second-order valence-corrected chi connectivity index (χ2v) is 4.73. The number of fused-ring (bicyclic) bond motifs is 3. The second kappa shape index (κ2) is 3.89. The number of esters is 1. The normalized spacial score (nSPS) is 36.1. The van der Waals surface area contributed by atoms with Gasteiger partial charge in [-0.1, -0.05) is 0 Å². The van der Waals surface area contributed by atoms with E-state index in [2.05, 4.69) is 4.90 Å². The molecule has 0 amide bonds. The molecule has 0 saturated carbocycles. The van der Waals surface area contributed by atoms with Crippen LogP contribution in [0.5, 0.6) is 0 Å². The lowest BCUT2D eigenvalue weighted by Crippen LogP contribution is -2.50. The smallest absolute Gasteiger partial charge is 0.310 e. The van der Waals surface area contributed by atoms with Crippen molar-refractivity contribution in [1.29, 1.82) is 0 Å². The molecule has 1 atom stereocenters. The van der Waals surface area contributed by atoms with Gasteiger partial charge in [-0.05, 0) is 45.7 Å². The lowest BCUT2D eigenvalue weighted by atomic mass is 9.79. The van der Waals surface area contributed by atoms with Crippen LogP contribution in [0.1, 0.15) is 26.7 Å². The van der Waals surface area contributed by atoms with Crippen LogP contribution in [0, 0.1) is 11.8 Å². The van der Waals surface area contributed by atoms with Crippen LogP contribution in [0.2, 0.25) is 0 Å². The van der Waals surface area contributed by atoms with Crippen molar-refractivity contribution in [3.05, 3.63) is 0 Å². The molecule has 3 nitrogen and oxygen atoms in total. The molecule has 3 heteroatoms. The van der Waals surface area contributed by atoms with Gasteiger partial charge in [-0.15, -0.1) is 0 Å². The summed E-state index contributed by atoms with van der Waals surface area (Å²) in [6, 6.07) is 0. The SMILES string of the molecule is CC(C)OC(=O)C1CN2CCC1CC2. The van der Waals surface area contributed by atoms with Gasteiger partial charge in [0.25, 0.3) is 0 Å². The second-order valence-electron chi connectivity index (χ2n) is 4.73. The molecule has 3 fully saturated rings. The zero-order chi connectivity index (χ0) is 10.1. The average molecular weight is 197 g/mol. The molecule has 3 aliphatic rings. The van der Waals surface area contributed by atoms with Crippen molar-refractivity contribution in [2.75, 3.05) is 19.6 Å². The lowest BCUT2D eigenvalue weighted by molar-refractivity contribution is -0.159. The Balaban J connectivity index is 1.94. The van der Waals surface area contributed by atoms with Gasteiger partial charge in [0.05, 0.1) is 12.0 Å². The minimum absolute atomic E-state index is 0.0226. The number of carbonyl (C=O) groups excluding carboxylic acids is 1. The van der Waals surface area contributed by atoms with E-state index in [1.54, 1.807) is 0 Å². The van der Waals surface area contributed by atoms with Crippen LogP contribution >= 0.6 is 0 Å². The molecule has 3 aliphatic heterocycles. The van der Waals surface area contributed by atoms with Crippen molar-refractivity contribution >= 4 is 5.97 Å². The Kier molecular flexibility index (Phi) is 2.77.